The molecule has 3 amide bonds. The molecule has 1 aliphatic heterocycles. The van der Waals surface area contributed by atoms with Gasteiger partial charge in [-0.05, 0) is 24.6 Å². The van der Waals surface area contributed by atoms with E-state index in [2.05, 4.69) is 10.0 Å². The minimum absolute atomic E-state index is 0.421. The Kier molecular flexibility index (Phi) is 3.43. The summed E-state index contributed by atoms with van der Waals surface area (Å²) in [5.41, 5.74) is 1.33. The molecule has 1 atom stereocenters. The monoisotopic (exact) mass is 283 g/mol. The Hall–Kier alpha value is -2.09. The van der Waals surface area contributed by atoms with Crippen molar-refractivity contribution in [2.75, 3.05) is 10.5 Å². The number of imide groups is 1. The standard InChI is InChI=1S/C11H13N3O4S/c1-7-3-2-4-8(5-7)14-19(17,18)6-9-10(15)13-11(16)12-9/h2-5,9,14H,6H2,1H3,(H2,12,13,15,16). The van der Waals surface area contributed by atoms with Crippen molar-refractivity contribution < 1.29 is 18.0 Å². The average molecular weight is 283 g/mol. The highest BCUT2D eigenvalue weighted by atomic mass is 32.2. The highest BCUT2D eigenvalue weighted by Crippen LogP contribution is 2.12. The predicted molar refractivity (Wildman–Crippen MR) is 69.1 cm³/mol. The van der Waals surface area contributed by atoms with Crippen LogP contribution in [0.4, 0.5) is 10.5 Å². The zero-order valence-corrected chi connectivity index (χ0v) is 11.0. The highest BCUT2D eigenvalue weighted by molar-refractivity contribution is 7.92. The minimum Gasteiger partial charge on any atom is -0.325 e. The zero-order chi connectivity index (χ0) is 14.0. The maximum Gasteiger partial charge on any atom is 0.322 e. The summed E-state index contributed by atoms with van der Waals surface area (Å²) in [4.78, 5) is 22.2. The molecule has 0 radical (unpaired) electrons. The smallest absolute Gasteiger partial charge is 0.322 e. The first-order valence-corrected chi connectivity index (χ1v) is 7.19. The molecule has 102 valence electrons. The highest BCUT2D eigenvalue weighted by Gasteiger charge is 2.33. The number of carbonyl (C=O) groups is 2. The molecule has 1 aromatic rings. The van der Waals surface area contributed by atoms with Gasteiger partial charge in [0.1, 0.15) is 6.04 Å². The van der Waals surface area contributed by atoms with Crippen molar-refractivity contribution in [2.45, 2.75) is 13.0 Å². The summed E-state index contributed by atoms with van der Waals surface area (Å²) in [7, 11) is -3.72. The number of benzene rings is 1. The molecule has 3 N–H and O–H groups in total. The summed E-state index contributed by atoms with van der Waals surface area (Å²) in [5, 5.41) is 4.22. The molecule has 1 saturated heterocycles. The van der Waals surface area contributed by atoms with Gasteiger partial charge in [0.25, 0.3) is 5.91 Å². The SMILES string of the molecule is Cc1cccc(NS(=O)(=O)CC2NC(=O)NC2=O)c1. The molecule has 8 heteroatoms. The lowest BCUT2D eigenvalue weighted by Crippen LogP contribution is -2.38. The average Bonchev–Trinajstić information content (AvgIpc) is 2.55. The third-order valence-corrected chi connectivity index (χ3v) is 3.85. The Morgan fingerprint density at radius 3 is 2.63 bits per heavy atom. The van der Waals surface area contributed by atoms with E-state index in [1.54, 1.807) is 18.2 Å². The normalized spacial score (nSPS) is 18.9. The van der Waals surface area contributed by atoms with E-state index in [4.69, 9.17) is 0 Å². The van der Waals surface area contributed by atoms with E-state index in [1.807, 2.05) is 18.3 Å². The van der Waals surface area contributed by atoms with Gasteiger partial charge in [-0.25, -0.2) is 13.2 Å². The second-order valence-electron chi connectivity index (χ2n) is 4.27. The first-order valence-electron chi connectivity index (χ1n) is 5.54. The number of rotatable bonds is 4. The number of anilines is 1. The molecule has 0 spiro atoms. The number of sulfonamides is 1. The molecule has 0 bridgehead atoms. The van der Waals surface area contributed by atoms with Gasteiger partial charge in [-0.3, -0.25) is 14.8 Å². The summed E-state index contributed by atoms with van der Waals surface area (Å²) in [6, 6.07) is 5.10. The van der Waals surface area contributed by atoms with Crippen LogP contribution >= 0.6 is 0 Å². The van der Waals surface area contributed by atoms with Crippen molar-refractivity contribution in [3.05, 3.63) is 29.8 Å². The lowest BCUT2D eigenvalue weighted by Gasteiger charge is -2.11. The van der Waals surface area contributed by atoms with Gasteiger partial charge < -0.3 is 5.32 Å². The van der Waals surface area contributed by atoms with Crippen LogP contribution in [0.5, 0.6) is 0 Å². The summed E-state index contributed by atoms with van der Waals surface area (Å²) < 4.78 is 26.1. The van der Waals surface area contributed by atoms with Gasteiger partial charge in [0.2, 0.25) is 10.0 Å². The molecule has 0 saturated carbocycles. The molecule has 19 heavy (non-hydrogen) atoms. The van der Waals surface area contributed by atoms with E-state index in [0.29, 0.717) is 5.69 Å². The molecule has 2 rings (SSSR count). The molecule has 7 nitrogen and oxygen atoms in total. The van der Waals surface area contributed by atoms with Gasteiger partial charge in [0.05, 0.1) is 5.75 Å². The summed E-state index contributed by atoms with van der Waals surface area (Å²) >= 11 is 0. The topological polar surface area (TPSA) is 104 Å². The number of hydrogen-bond donors (Lipinski definition) is 3. The number of urea groups is 1. The minimum atomic E-state index is -3.72. The molecule has 1 heterocycles. The third-order valence-electron chi connectivity index (χ3n) is 2.54. The Balaban J connectivity index is 2.07. The molecule has 1 aliphatic rings. The van der Waals surface area contributed by atoms with E-state index < -0.39 is 33.8 Å². The van der Waals surface area contributed by atoms with Crippen LogP contribution < -0.4 is 15.4 Å². The Labute approximate surface area is 110 Å². The van der Waals surface area contributed by atoms with Crippen molar-refractivity contribution >= 4 is 27.6 Å². The van der Waals surface area contributed by atoms with E-state index in [9.17, 15) is 18.0 Å². The fourth-order valence-corrected chi connectivity index (χ4v) is 2.97. The largest absolute Gasteiger partial charge is 0.325 e. The molecule has 1 unspecified atom stereocenters. The van der Waals surface area contributed by atoms with Crippen molar-refractivity contribution in [1.82, 2.24) is 10.6 Å². The lowest BCUT2D eigenvalue weighted by atomic mass is 10.2. The van der Waals surface area contributed by atoms with Crippen molar-refractivity contribution in [1.29, 1.82) is 0 Å². The maximum atomic E-state index is 11.9. The van der Waals surface area contributed by atoms with Gasteiger partial charge in [-0.2, -0.15) is 0 Å². The molecule has 0 aliphatic carbocycles. The number of hydrogen-bond acceptors (Lipinski definition) is 4. The number of nitrogens with one attached hydrogen (secondary N) is 3. The molecule has 1 aromatic carbocycles. The molecular weight excluding hydrogens is 270 g/mol. The van der Waals surface area contributed by atoms with Crippen LogP contribution in [0.15, 0.2) is 24.3 Å². The number of aryl methyl sites for hydroxylation is 1. The second kappa shape index (κ2) is 4.88. The first kappa shape index (κ1) is 13.3. The van der Waals surface area contributed by atoms with Crippen LogP contribution in [0.2, 0.25) is 0 Å². The van der Waals surface area contributed by atoms with Gasteiger partial charge in [0, 0.05) is 5.69 Å². The van der Waals surface area contributed by atoms with Crippen LogP contribution in [-0.2, 0) is 14.8 Å². The van der Waals surface area contributed by atoms with Gasteiger partial charge in [-0.15, -0.1) is 0 Å². The predicted octanol–water partition coefficient (Wildman–Crippen LogP) is -0.0553. The summed E-state index contributed by atoms with van der Waals surface area (Å²) in [6.45, 7) is 1.84. The Morgan fingerprint density at radius 1 is 1.32 bits per heavy atom. The van der Waals surface area contributed by atoms with Gasteiger partial charge in [0.15, 0.2) is 0 Å². The number of carbonyl (C=O) groups excluding carboxylic acids is 2. The lowest BCUT2D eigenvalue weighted by molar-refractivity contribution is -0.119. The summed E-state index contributed by atoms with van der Waals surface area (Å²) in [6.07, 6.45) is 0. The van der Waals surface area contributed by atoms with E-state index in [0.717, 1.165) is 5.56 Å². The summed E-state index contributed by atoms with van der Waals surface area (Å²) in [5.74, 6) is -1.14. The fraction of sp³-hybridized carbons (Fsp3) is 0.273. The van der Waals surface area contributed by atoms with Crippen molar-refractivity contribution in [3.63, 3.8) is 0 Å². The maximum absolute atomic E-state index is 11.9. The van der Waals surface area contributed by atoms with Crippen LogP contribution in [-0.4, -0.2) is 32.2 Å². The van der Waals surface area contributed by atoms with Crippen molar-refractivity contribution in [3.8, 4) is 0 Å². The van der Waals surface area contributed by atoms with E-state index in [-0.39, 0.29) is 0 Å². The Bertz CT molecular complexity index is 627. The van der Waals surface area contributed by atoms with Crippen LogP contribution in [0.3, 0.4) is 0 Å². The van der Waals surface area contributed by atoms with Gasteiger partial charge in [-0.1, -0.05) is 12.1 Å². The van der Waals surface area contributed by atoms with Crippen LogP contribution in [0, 0.1) is 6.92 Å². The zero-order valence-electron chi connectivity index (χ0n) is 10.1. The van der Waals surface area contributed by atoms with Crippen molar-refractivity contribution in [2.24, 2.45) is 0 Å². The Morgan fingerprint density at radius 2 is 2.05 bits per heavy atom. The first-order chi connectivity index (χ1) is 8.85. The molecule has 0 aromatic heterocycles. The number of amides is 3. The van der Waals surface area contributed by atoms with Crippen LogP contribution in [0.1, 0.15) is 5.56 Å². The van der Waals surface area contributed by atoms with Crippen LogP contribution in [0.25, 0.3) is 0 Å². The second-order valence-corrected chi connectivity index (χ2v) is 6.04. The molecule has 1 fully saturated rings. The van der Waals surface area contributed by atoms with E-state index in [1.165, 1.54) is 0 Å². The molecular formula is C11H13N3O4S. The van der Waals surface area contributed by atoms with Gasteiger partial charge >= 0.3 is 6.03 Å². The van der Waals surface area contributed by atoms with E-state index >= 15 is 0 Å². The quantitative estimate of drug-likeness (QED) is 0.673. The third kappa shape index (κ3) is 3.44. The fourth-order valence-electron chi connectivity index (χ4n) is 1.73.